The van der Waals surface area contributed by atoms with Crippen LogP contribution in [0.4, 0.5) is 4.39 Å². The second-order valence-corrected chi connectivity index (χ2v) is 14.9. The number of nitrogens with zero attached hydrogens (tertiary/aromatic N) is 1. The molecule has 0 amide bonds. The van der Waals surface area contributed by atoms with Crippen molar-refractivity contribution in [1.29, 1.82) is 0 Å². The number of ether oxygens (including phenoxy) is 4. The van der Waals surface area contributed by atoms with Gasteiger partial charge in [0.1, 0.15) is 31.2 Å². The van der Waals surface area contributed by atoms with E-state index in [-0.39, 0.29) is 29.4 Å². The van der Waals surface area contributed by atoms with Crippen molar-refractivity contribution in [3.8, 4) is 0 Å². The minimum absolute atomic E-state index is 0.0101. The number of halogens is 1. The van der Waals surface area contributed by atoms with Crippen molar-refractivity contribution in [2.75, 3.05) is 6.61 Å². The number of carbonyl (C=O) groups excluding carboxylic acids is 2. The summed E-state index contributed by atoms with van der Waals surface area (Å²) in [4.78, 5) is 28.8. The lowest BCUT2D eigenvalue weighted by molar-refractivity contribution is -0.213. The Morgan fingerprint density at radius 1 is 0.979 bits per heavy atom. The topological polar surface area (TPSA) is 92.7 Å². The number of carbonyl (C=O) groups is 2. The van der Waals surface area contributed by atoms with E-state index in [4.69, 9.17) is 23.8 Å². The number of allylic oxidation sites excluding steroid dienone is 1. The van der Waals surface area contributed by atoms with Gasteiger partial charge in [-0.15, -0.1) is 0 Å². The Labute approximate surface area is 278 Å². The second kappa shape index (κ2) is 13.8. The molecule has 5 aliphatic rings. The summed E-state index contributed by atoms with van der Waals surface area (Å²) in [5.74, 6) is 1.33. The molecule has 47 heavy (non-hydrogen) atoms. The largest absolute Gasteiger partial charge is 0.463 e. The third kappa shape index (κ3) is 7.07. The maximum absolute atomic E-state index is 13.3. The Kier molecular flexibility index (Phi) is 9.96. The average molecular weight is 652 g/mol. The number of benzene rings is 1. The van der Waals surface area contributed by atoms with E-state index >= 15 is 0 Å². The van der Waals surface area contributed by atoms with Crippen molar-refractivity contribution in [3.63, 3.8) is 0 Å². The number of esters is 2. The summed E-state index contributed by atoms with van der Waals surface area (Å²) in [6.07, 6.45) is 13.1. The maximum Gasteiger partial charge on any atom is 0.303 e. The van der Waals surface area contributed by atoms with Gasteiger partial charge in [0, 0.05) is 19.8 Å². The lowest BCUT2D eigenvalue weighted by Crippen LogP contribution is -2.51. The molecule has 0 N–H and O–H groups in total. The van der Waals surface area contributed by atoms with Gasteiger partial charge in [-0.05, 0) is 117 Å². The molecule has 6 rings (SSSR count). The third-order valence-electron chi connectivity index (χ3n) is 12.1. The zero-order chi connectivity index (χ0) is 33.3. The molecule has 9 heteroatoms. The van der Waals surface area contributed by atoms with E-state index in [2.05, 4.69) is 32.0 Å². The van der Waals surface area contributed by atoms with E-state index in [9.17, 15) is 14.0 Å². The summed E-state index contributed by atoms with van der Waals surface area (Å²) in [6.45, 7) is 10.1. The summed E-state index contributed by atoms with van der Waals surface area (Å²) in [6, 6.07) is 6.39. The van der Waals surface area contributed by atoms with Crippen LogP contribution in [-0.4, -0.2) is 48.9 Å². The molecule has 0 radical (unpaired) electrons. The molecule has 3 saturated carbocycles. The fourth-order valence-electron chi connectivity index (χ4n) is 9.81. The molecule has 1 heterocycles. The van der Waals surface area contributed by atoms with E-state index in [0.717, 1.165) is 43.4 Å². The molecule has 3 fully saturated rings. The van der Waals surface area contributed by atoms with Crippen LogP contribution in [0.15, 0.2) is 53.2 Å². The molecule has 0 spiro atoms. The molecule has 10 atom stereocenters. The van der Waals surface area contributed by atoms with Crippen molar-refractivity contribution in [3.05, 3.63) is 59.4 Å². The summed E-state index contributed by atoms with van der Waals surface area (Å²) in [5.41, 5.74) is 3.91. The van der Waals surface area contributed by atoms with Crippen LogP contribution < -0.4 is 0 Å². The number of oxime groups is 1. The van der Waals surface area contributed by atoms with Crippen molar-refractivity contribution in [2.45, 2.75) is 117 Å². The summed E-state index contributed by atoms with van der Waals surface area (Å²) in [7, 11) is 0. The Morgan fingerprint density at radius 3 is 2.51 bits per heavy atom. The fraction of sp³-hybridized carbons (Fsp3) is 0.658. The quantitative estimate of drug-likeness (QED) is 0.118. The third-order valence-corrected chi connectivity index (χ3v) is 12.1. The van der Waals surface area contributed by atoms with E-state index in [0.29, 0.717) is 30.3 Å². The maximum atomic E-state index is 13.3. The van der Waals surface area contributed by atoms with Gasteiger partial charge in [-0.1, -0.05) is 42.8 Å². The van der Waals surface area contributed by atoms with Gasteiger partial charge in [0.05, 0.1) is 11.8 Å². The molecule has 0 saturated heterocycles. The Balaban J connectivity index is 1.08. The molecule has 0 aromatic heterocycles. The highest BCUT2D eigenvalue weighted by atomic mass is 19.1. The average Bonchev–Trinajstić information content (AvgIpc) is 3.39. The first-order valence-corrected chi connectivity index (χ1v) is 17.4. The van der Waals surface area contributed by atoms with Gasteiger partial charge in [-0.3, -0.25) is 9.59 Å². The van der Waals surface area contributed by atoms with Crippen molar-refractivity contribution in [2.24, 2.45) is 39.7 Å². The number of rotatable bonds is 9. The van der Waals surface area contributed by atoms with Crippen molar-refractivity contribution >= 4 is 17.7 Å². The van der Waals surface area contributed by atoms with Crippen LogP contribution in [0.3, 0.4) is 0 Å². The molecule has 0 bridgehead atoms. The van der Waals surface area contributed by atoms with Crippen molar-refractivity contribution < 1.29 is 37.8 Å². The molecule has 256 valence electrons. The van der Waals surface area contributed by atoms with Gasteiger partial charge in [0.15, 0.2) is 6.29 Å². The van der Waals surface area contributed by atoms with Gasteiger partial charge in [-0.2, -0.15) is 0 Å². The first-order valence-electron chi connectivity index (χ1n) is 17.4. The first-order chi connectivity index (χ1) is 22.5. The first kappa shape index (κ1) is 33.8. The number of hydrogen-bond acceptors (Lipinski definition) is 8. The lowest BCUT2D eigenvalue weighted by atomic mass is 9.47. The van der Waals surface area contributed by atoms with Crippen LogP contribution in [-0.2, 0) is 40.0 Å². The SMILES string of the molecule is CC(=O)OC[C@H]1OC(O[C@H]2CC[C@@]3(C)C(=CCC4C3CC[C@@]3(C)C4CC[C@@H]3/C(C)=N/OCc3ccc(F)cc3)C2)C=C[C@@H]1OC(C)=O. The van der Waals surface area contributed by atoms with Gasteiger partial charge in [0.25, 0.3) is 0 Å². The van der Waals surface area contributed by atoms with Crippen LogP contribution >= 0.6 is 0 Å². The molecule has 1 aliphatic heterocycles. The Morgan fingerprint density at radius 2 is 1.77 bits per heavy atom. The van der Waals surface area contributed by atoms with Gasteiger partial charge in [-0.25, -0.2) is 4.39 Å². The van der Waals surface area contributed by atoms with Crippen LogP contribution in [0.1, 0.15) is 91.5 Å². The summed E-state index contributed by atoms with van der Waals surface area (Å²) in [5, 5.41) is 4.58. The predicted octanol–water partition coefficient (Wildman–Crippen LogP) is 7.46. The highest BCUT2D eigenvalue weighted by Crippen LogP contribution is 2.66. The molecule has 1 aromatic rings. The van der Waals surface area contributed by atoms with Crippen LogP contribution in [0.5, 0.6) is 0 Å². The van der Waals surface area contributed by atoms with Crippen LogP contribution in [0, 0.1) is 40.3 Å². The molecule has 1 aromatic carbocycles. The van der Waals surface area contributed by atoms with E-state index < -0.39 is 30.4 Å². The van der Waals surface area contributed by atoms with E-state index in [1.54, 1.807) is 24.3 Å². The fourth-order valence-corrected chi connectivity index (χ4v) is 9.81. The molecule has 4 unspecified atom stereocenters. The summed E-state index contributed by atoms with van der Waals surface area (Å²) < 4.78 is 36.4. The summed E-state index contributed by atoms with van der Waals surface area (Å²) >= 11 is 0. The molecular formula is C38H50FNO7. The van der Waals surface area contributed by atoms with E-state index in [1.807, 2.05) is 0 Å². The lowest BCUT2D eigenvalue weighted by Gasteiger charge is -2.58. The highest BCUT2D eigenvalue weighted by Gasteiger charge is 2.59. The standard InChI is InChI=1S/C38H50FNO7/c1-23(40-44-21-26-6-9-28(39)10-7-26)31-12-13-32-30-11-8-27-20-29(16-18-37(27,4)33(30)17-19-38(31,32)5)46-36-15-14-34(45-25(3)42)35(47-36)22-43-24(2)41/h6-10,14-15,29-36H,11-13,16-22H2,1-5H3/b40-23+/t29-,30?,31+,32?,33?,34-,35+,36?,37-,38+/m0/s1. The Hall–Kier alpha value is -3.04. The highest BCUT2D eigenvalue weighted by molar-refractivity contribution is 5.85. The second-order valence-electron chi connectivity index (χ2n) is 14.9. The zero-order valence-electron chi connectivity index (χ0n) is 28.4. The van der Waals surface area contributed by atoms with Gasteiger partial charge < -0.3 is 23.8 Å². The monoisotopic (exact) mass is 651 g/mol. The van der Waals surface area contributed by atoms with Crippen LogP contribution in [0.2, 0.25) is 0 Å². The zero-order valence-corrected chi connectivity index (χ0v) is 28.4. The van der Waals surface area contributed by atoms with Gasteiger partial charge >= 0.3 is 11.9 Å². The normalized spacial score (nSPS) is 38.0. The smallest absolute Gasteiger partial charge is 0.303 e. The minimum Gasteiger partial charge on any atom is -0.463 e. The minimum atomic E-state index is -0.629. The number of fused-ring (bicyclic) bond motifs is 5. The van der Waals surface area contributed by atoms with Crippen LogP contribution in [0.25, 0.3) is 0 Å². The molecular weight excluding hydrogens is 601 g/mol. The number of hydrogen-bond donors (Lipinski definition) is 0. The van der Waals surface area contributed by atoms with Crippen molar-refractivity contribution in [1.82, 2.24) is 0 Å². The predicted molar refractivity (Wildman–Crippen MR) is 174 cm³/mol. The Bertz CT molecular complexity index is 1410. The van der Waals surface area contributed by atoms with E-state index in [1.165, 1.54) is 50.8 Å². The molecule has 8 nitrogen and oxygen atoms in total. The van der Waals surface area contributed by atoms with Gasteiger partial charge in [0.2, 0.25) is 0 Å². The molecule has 4 aliphatic carbocycles.